The molecule has 0 amide bonds. The summed E-state index contributed by atoms with van der Waals surface area (Å²) in [5.74, 6) is 0. The monoisotopic (exact) mass is 251 g/mol. The Labute approximate surface area is 105 Å². The van der Waals surface area contributed by atoms with E-state index >= 15 is 0 Å². The van der Waals surface area contributed by atoms with E-state index in [1.165, 1.54) is 5.54 Å². The molecule has 0 atom stereocenters. The molecule has 0 saturated carbocycles. The number of aromatic nitrogens is 1. The zero-order valence-electron chi connectivity index (χ0n) is 8.87. The number of pyridine rings is 1. The van der Waals surface area contributed by atoms with Crippen LogP contribution in [0.1, 0.15) is 11.3 Å². The predicted molar refractivity (Wildman–Crippen MR) is 70.2 cm³/mol. The number of fused-ring (bicyclic) bond motifs is 1. The van der Waals surface area contributed by atoms with Crippen LogP contribution >= 0.6 is 23.2 Å². The van der Waals surface area contributed by atoms with Gasteiger partial charge >= 0.3 is 0 Å². The van der Waals surface area contributed by atoms with Crippen molar-refractivity contribution in [3.8, 4) is 0 Å². The van der Waals surface area contributed by atoms with Crippen molar-refractivity contribution in [2.24, 2.45) is 0 Å². The summed E-state index contributed by atoms with van der Waals surface area (Å²) in [5, 5.41) is 1.77. The van der Waals surface area contributed by atoms with E-state index in [0.29, 0.717) is 6.42 Å². The number of aryl methyl sites for hydroxylation is 1. The summed E-state index contributed by atoms with van der Waals surface area (Å²) >= 11 is 11.9. The van der Waals surface area contributed by atoms with Crippen molar-refractivity contribution in [1.29, 1.82) is 0 Å². The first kappa shape index (κ1) is 11.4. The number of hydrogen-bond acceptors (Lipinski definition) is 1. The minimum Gasteiger partial charge on any atom is -0.253 e. The van der Waals surface area contributed by atoms with Gasteiger partial charge in [-0.2, -0.15) is 0 Å². The van der Waals surface area contributed by atoms with Gasteiger partial charge in [-0.3, -0.25) is 4.98 Å². The highest BCUT2D eigenvalue weighted by Crippen LogP contribution is 2.28. The highest BCUT2D eigenvalue weighted by molar-refractivity contribution is 6.36. The van der Waals surface area contributed by atoms with Crippen LogP contribution in [0.5, 0.6) is 0 Å². The number of hydrogen-bond donors (Lipinski definition) is 0. The van der Waals surface area contributed by atoms with E-state index in [9.17, 15) is 0 Å². The predicted octanol–water partition coefficient (Wildman–Crippen LogP) is 4.49. The first-order valence-corrected chi connectivity index (χ1v) is 5.84. The molecule has 0 N–H and O–H groups in total. The van der Waals surface area contributed by atoms with Crippen LogP contribution in [0.2, 0.25) is 5.02 Å². The molecule has 0 radical (unpaired) electrons. The zero-order valence-corrected chi connectivity index (χ0v) is 10.4. The molecule has 1 nitrogen and oxygen atoms in total. The van der Waals surface area contributed by atoms with E-state index in [-0.39, 0.29) is 0 Å². The third-order valence-electron chi connectivity index (χ3n) is 2.54. The second kappa shape index (κ2) is 4.86. The molecule has 2 aromatic rings. The molecule has 1 heterocycles. The quantitative estimate of drug-likeness (QED) is 0.767. The smallest absolute Gasteiger partial charge is 0.0720 e. The zero-order chi connectivity index (χ0) is 11.5. The van der Waals surface area contributed by atoms with Crippen LogP contribution < -0.4 is 0 Å². The largest absolute Gasteiger partial charge is 0.253 e. The van der Waals surface area contributed by atoms with Gasteiger partial charge < -0.3 is 0 Å². The molecule has 0 aliphatic carbocycles. The van der Waals surface area contributed by atoms with Gasteiger partial charge in [0.25, 0.3) is 0 Å². The van der Waals surface area contributed by atoms with E-state index < -0.39 is 0 Å². The first-order valence-electron chi connectivity index (χ1n) is 5.03. The summed E-state index contributed by atoms with van der Waals surface area (Å²) in [6.07, 6.45) is 2.58. The topological polar surface area (TPSA) is 12.9 Å². The molecular weight excluding hydrogens is 241 g/mol. The van der Waals surface area contributed by atoms with E-state index in [4.69, 9.17) is 23.2 Å². The lowest BCUT2D eigenvalue weighted by Crippen LogP contribution is -1.94. The fraction of sp³-hybridized carbons (Fsp3) is 0.154. The fourth-order valence-corrected chi connectivity index (χ4v) is 2.19. The highest BCUT2D eigenvalue weighted by Gasteiger charge is 2.08. The van der Waals surface area contributed by atoms with Gasteiger partial charge in [0.15, 0.2) is 0 Å². The van der Waals surface area contributed by atoms with Crippen LogP contribution in [0, 0.1) is 6.92 Å². The molecule has 0 fully saturated rings. The molecule has 0 unspecified atom stereocenters. The van der Waals surface area contributed by atoms with Crippen molar-refractivity contribution in [3.63, 3.8) is 0 Å². The Morgan fingerprint density at radius 1 is 1.31 bits per heavy atom. The van der Waals surface area contributed by atoms with Crippen molar-refractivity contribution in [1.82, 2.24) is 4.98 Å². The van der Waals surface area contributed by atoms with Crippen molar-refractivity contribution in [2.45, 2.75) is 13.3 Å². The number of nitrogens with zero attached hydrogens (tertiary/aromatic N) is 1. The van der Waals surface area contributed by atoms with Gasteiger partial charge in [-0.1, -0.05) is 47.5 Å². The molecule has 1 aromatic carbocycles. The highest BCUT2D eigenvalue weighted by atomic mass is 35.5. The molecule has 0 spiro atoms. The van der Waals surface area contributed by atoms with Crippen molar-refractivity contribution < 1.29 is 0 Å². The molecule has 2 rings (SSSR count). The summed E-state index contributed by atoms with van der Waals surface area (Å²) in [6.45, 7) is 1.97. The number of halogens is 2. The molecule has 0 bridgehead atoms. The Kier molecular flexibility index (Phi) is 3.47. The van der Waals surface area contributed by atoms with Crippen molar-refractivity contribution >= 4 is 34.1 Å². The maximum absolute atomic E-state index is 6.37. The van der Waals surface area contributed by atoms with Gasteiger partial charge in [0.2, 0.25) is 0 Å². The second-order valence-corrected chi connectivity index (χ2v) is 4.20. The first-order chi connectivity index (χ1) is 7.74. The summed E-state index contributed by atoms with van der Waals surface area (Å²) in [4.78, 5) is 4.53. The Hall–Kier alpha value is -1.05. The second-order valence-electron chi connectivity index (χ2n) is 3.57. The van der Waals surface area contributed by atoms with Crippen molar-refractivity contribution in [2.75, 3.05) is 0 Å². The van der Waals surface area contributed by atoms with Gasteiger partial charge in [0.1, 0.15) is 0 Å². The van der Waals surface area contributed by atoms with E-state index in [1.807, 2.05) is 37.3 Å². The van der Waals surface area contributed by atoms with E-state index in [2.05, 4.69) is 4.98 Å². The Morgan fingerprint density at radius 3 is 2.81 bits per heavy atom. The lowest BCUT2D eigenvalue weighted by molar-refractivity contribution is 1.14. The van der Waals surface area contributed by atoms with Crippen molar-refractivity contribution in [3.05, 3.63) is 52.2 Å². The Morgan fingerprint density at radius 2 is 2.06 bits per heavy atom. The fourth-order valence-electron chi connectivity index (χ4n) is 1.73. The average molecular weight is 252 g/mol. The number of para-hydroxylation sites is 1. The lowest BCUT2D eigenvalue weighted by atomic mass is 10.1. The summed E-state index contributed by atoms with van der Waals surface area (Å²) in [5.41, 5.74) is 4.43. The van der Waals surface area contributed by atoms with Crippen LogP contribution in [0.25, 0.3) is 10.9 Å². The average Bonchev–Trinajstić information content (AvgIpc) is 2.29. The molecule has 3 heteroatoms. The van der Waals surface area contributed by atoms with Crippen LogP contribution in [0.3, 0.4) is 0 Å². The molecule has 1 aromatic heterocycles. The van der Waals surface area contributed by atoms with Gasteiger partial charge in [-0.15, -0.1) is 0 Å². The summed E-state index contributed by atoms with van der Waals surface area (Å²) in [7, 11) is 0. The third-order valence-corrected chi connectivity index (χ3v) is 3.15. The minimum atomic E-state index is 0.714. The normalized spacial score (nSPS) is 11.4. The maximum atomic E-state index is 6.37. The molecule has 0 aliphatic heterocycles. The molecule has 16 heavy (non-hydrogen) atoms. The Bertz CT molecular complexity index is 547. The molecule has 0 aliphatic rings. The summed E-state index contributed by atoms with van der Waals surface area (Å²) < 4.78 is 0. The number of rotatable bonds is 2. The standard InChI is InChI=1S/C13H11Cl2N/c1-9-10(6-4-8-14)13(15)11-5-2-3-7-12(11)16-9/h2-5,7-8H,6H2,1H3. The molecule has 82 valence electrons. The van der Waals surface area contributed by atoms with Crippen LogP contribution in [-0.4, -0.2) is 4.98 Å². The SMILES string of the molecule is Cc1nc2ccccc2c(Cl)c1CC=CCl. The van der Waals surface area contributed by atoms with Crippen LogP contribution in [-0.2, 0) is 6.42 Å². The van der Waals surface area contributed by atoms with Crippen LogP contribution in [0.4, 0.5) is 0 Å². The maximum Gasteiger partial charge on any atom is 0.0720 e. The van der Waals surface area contributed by atoms with Gasteiger partial charge in [0, 0.05) is 16.6 Å². The van der Waals surface area contributed by atoms with Gasteiger partial charge in [0.05, 0.1) is 10.5 Å². The number of allylic oxidation sites excluding steroid dienone is 1. The van der Waals surface area contributed by atoms with E-state index in [1.54, 1.807) is 0 Å². The minimum absolute atomic E-state index is 0.714. The molecule has 0 saturated heterocycles. The number of benzene rings is 1. The van der Waals surface area contributed by atoms with Gasteiger partial charge in [-0.25, -0.2) is 0 Å². The van der Waals surface area contributed by atoms with Gasteiger partial charge in [-0.05, 0) is 25.0 Å². The molecular formula is C13H11Cl2N. The lowest BCUT2D eigenvalue weighted by Gasteiger charge is -2.08. The third kappa shape index (κ3) is 2.06. The van der Waals surface area contributed by atoms with E-state index in [0.717, 1.165) is 27.2 Å². The van der Waals surface area contributed by atoms with Crippen LogP contribution in [0.15, 0.2) is 35.9 Å². The Balaban J connectivity index is 2.65. The summed E-state index contributed by atoms with van der Waals surface area (Å²) in [6, 6.07) is 7.88.